The summed E-state index contributed by atoms with van der Waals surface area (Å²) >= 11 is 2.17. The summed E-state index contributed by atoms with van der Waals surface area (Å²) in [5.41, 5.74) is -2.64. The Hall–Kier alpha value is -2.21. The number of halogens is 1. The molecular weight excluding hydrogens is 775 g/mol. The molecule has 0 amide bonds. The number of rotatable bonds is 5. The van der Waals surface area contributed by atoms with Crippen molar-refractivity contribution < 1.29 is 38.2 Å². The van der Waals surface area contributed by atoms with Crippen LogP contribution < -0.4 is 0 Å². The van der Waals surface area contributed by atoms with Crippen molar-refractivity contribution in [2.45, 2.75) is 124 Å². The molecule has 51 heavy (non-hydrogen) atoms. The third-order valence-corrected chi connectivity index (χ3v) is 20.4. The van der Waals surface area contributed by atoms with Gasteiger partial charge in [-0.05, 0) is 89.7 Å². The molecule has 2 saturated heterocycles. The first-order valence-electron chi connectivity index (χ1n) is 18.4. The van der Waals surface area contributed by atoms with Gasteiger partial charge in [0.1, 0.15) is 11.8 Å². The van der Waals surface area contributed by atoms with E-state index in [9.17, 15) is 24.3 Å². The molecule has 282 valence electrons. The third kappa shape index (κ3) is 5.43. The van der Waals surface area contributed by atoms with Crippen LogP contribution in [0.2, 0.25) is 18.1 Å². The highest BCUT2D eigenvalue weighted by Crippen LogP contribution is 2.68. The van der Waals surface area contributed by atoms with E-state index in [4.69, 9.17) is 13.9 Å². The van der Waals surface area contributed by atoms with Gasteiger partial charge in [-0.3, -0.25) is 19.2 Å². The van der Waals surface area contributed by atoms with Gasteiger partial charge in [0.2, 0.25) is 0 Å². The van der Waals surface area contributed by atoms with Crippen LogP contribution in [0.5, 0.6) is 0 Å². The van der Waals surface area contributed by atoms with Crippen LogP contribution >= 0.6 is 22.6 Å². The molecule has 4 heterocycles. The van der Waals surface area contributed by atoms with Crippen molar-refractivity contribution in [2.24, 2.45) is 57.2 Å². The lowest BCUT2D eigenvalue weighted by Crippen LogP contribution is -2.71. The maximum Gasteiger partial charge on any atom is 0.314 e. The van der Waals surface area contributed by atoms with Crippen LogP contribution in [0.3, 0.4) is 0 Å². The Balaban J connectivity index is 0.000000205. The molecule has 0 aromatic rings. The molecule has 0 aromatic heterocycles. The van der Waals surface area contributed by atoms with E-state index in [-0.39, 0.29) is 57.4 Å². The molecule has 2 saturated carbocycles. The van der Waals surface area contributed by atoms with E-state index in [2.05, 4.69) is 104 Å². The SMILES string of the molecule is C=CC1(C)CC[C@H]2C(C)(C)[C@@H]3C=C(C)[C@]2(OC3=O)[C@H]1C(=O)O[Si](C)(C)C(C)(C)C.C=CC1(C)CC[C@H]2C(C)(C)[C@@H]3C=C(I)[C@]2(OC3=O)[C@H]1C(=O)O. The van der Waals surface area contributed by atoms with Gasteiger partial charge in [-0.1, -0.05) is 86.6 Å². The lowest BCUT2D eigenvalue weighted by molar-refractivity contribution is -0.234. The summed E-state index contributed by atoms with van der Waals surface area (Å²) in [6, 6.07) is 0. The Morgan fingerprint density at radius 2 is 1.29 bits per heavy atom. The monoisotopic (exact) mass is 834 g/mol. The van der Waals surface area contributed by atoms with E-state index in [0.29, 0.717) is 0 Å². The first-order chi connectivity index (χ1) is 23.2. The van der Waals surface area contributed by atoms with Gasteiger partial charge in [-0.15, -0.1) is 13.2 Å². The number of aliphatic carboxylic acids is 1. The molecule has 8 aliphatic rings. The van der Waals surface area contributed by atoms with Gasteiger partial charge in [0.25, 0.3) is 8.32 Å². The Labute approximate surface area is 319 Å². The normalized spacial score (nSPS) is 41.6. The zero-order valence-electron chi connectivity index (χ0n) is 32.7. The predicted molar refractivity (Wildman–Crippen MR) is 208 cm³/mol. The van der Waals surface area contributed by atoms with Crippen molar-refractivity contribution in [2.75, 3.05) is 0 Å². The zero-order valence-corrected chi connectivity index (χ0v) is 35.9. The number of hydrogen-bond donors (Lipinski definition) is 1. The maximum atomic E-state index is 13.9. The molecule has 0 aromatic carbocycles. The highest BCUT2D eigenvalue weighted by atomic mass is 127. The Morgan fingerprint density at radius 1 is 0.863 bits per heavy atom. The predicted octanol–water partition coefficient (Wildman–Crippen LogP) is 9.21. The van der Waals surface area contributed by atoms with Crippen LogP contribution in [0.15, 0.2) is 46.6 Å². The van der Waals surface area contributed by atoms with Gasteiger partial charge in [-0.25, -0.2) is 0 Å². The summed E-state index contributed by atoms with van der Waals surface area (Å²) in [5, 5.41) is 9.87. The van der Waals surface area contributed by atoms with E-state index >= 15 is 0 Å². The van der Waals surface area contributed by atoms with Crippen molar-refractivity contribution in [3.63, 3.8) is 0 Å². The second kappa shape index (κ2) is 12.2. The molecule has 4 bridgehead atoms. The topological polar surface area (TPSA) is 116 Å². The molecule has 10 atom stereocenters. The van der Waals surface area contributed by atoms with Crippen LogP contribution in [0.25, 0.3) is 0 Å². The molecule has 4 fully saturated rings. The fraction of sp³-hybridized carbons (Fsp3) is 0.707. The minimum Gasteiger partial charge on any atom is -0.519 e. The fourth-order valence-corrected chi connectivity index (χ4v) is 12.7. The molecule has 10 heteroatoms. The van der Waals surface area contributed by atoms with Gasteiger partial charge in [-0.2, -0.15) is 0 Å². The molecular formula is C41H59IO8Si. The number of allylic oxidation sites excluding steroid dienone is 2. The lowest BCUT2D eigenvalue weighted by atomic mass is 9.44. The first-order valence-corrected chi connectivity index (χ1v) is 22.4. The van der Waals surface area contributed by atoms with Crippen molar-refractivity contribution >= 4 is 54.8 Å². The second-order valence-electron chi connectivity index (χ2n) is 19.4. The van der Waals surface area contributed by atoms with Crippen LogP contribution in [-0.4, -0.2) is 48.5 Å². The molecule has 8 rings (SSSR count). The van der Waals surface area contributed by atoms with Crippen LogP contribution in [0, 0.1) is 57.2 Å². The highest BCUT2D eigenvalue weighted by molar-refractivity contribution is 14.1. The standard InChI is InChI=1S/C24H38O4Si.C17H21IO4/c1-11-23(8)13-12-17-22(6,7)16-14-15(2)24(17,27-19(16)25)18(23)20(26)28-29(9,10)21(3,4)5;1-5-16(4)7-6-10-15(2,3)9-8-11(18)17(10,22-14(9)21)12(16)13(19)20/h11,14,16-18H,1,12-13H2,2-10H3;5,8-10,12H,1,6-7H2,2-4H3,(H,19,20)/t16-,17+,18+,23?,24-;9-,10+,12+,16?,17+/m11/s1. The van der Waals surface area contributed by atoms with Crippen molar-refractivity contribution in [1.82, 2.24) is 0 Å². The van der Waals surface area contributed by atoms with Crippen LogP contribution in [0.4, 0.5) is 0 Å². The number of carbonyl (C=O) groups excluding carboxylic acids is 3. The number of hydrogen-bond acceptors (Lipinski definition) is 7. The van der Waals surface area contributed by atoms with Gasteiger partial charge >= 0.3 is 23.9 Å². The summed E-state index contributed by atoms with van der Waals surface area (Å²) < 4.78 is 19.2. The summed E-state index contributed by atoms with van der Waals surface area (Å²) in [4.78, 5) is 51.4. The summed E-state index contributed by atoms with van der Waals surface area (Å²) in [5.74, 6) is -3.46. The molecule has 4 aliphatic carbocycles. The van der Waals surface area contributed by atoms with Crippen LogP contribution in [-0.2, 0) is 33.1 Å². The Bertz CT molecular complexity index is 1630. The second-order valence-corrected chi connectivity index (χ2v) is 25.3. The van der Waals surface area contributed by atoms with E-state index in [1.54, 1.807) is 6.08 Å². The highest BCUT2D eigenvalue weighted by Gasteiger charge is 2.73. The molecule has 0 radical (unpaired) electrons. The average Bonchev–Trinajstić information content (AvgIpc) is 2.98. The van der Waals surface area contributed by atoms with Gasteiger partial charge < -0.3 is 19.0 Å². The number of carbonyl (C=O) groups is 4. The lowest BCUT2D eigenvalue weighted by Gasteiger charge is -2.65. The average molecular weight is 835 g/mol. The van der Waals surface area contributed by atoms with E-state index in [0.717, 1.165) is 34.8 Å². The van der Waals surface area contributed by atoms with Crippen molar-refractivity contribution in [1.29, 1.82) is 0 Å². The van der Waals surface area contributed by atoms with Crippen molar-refractivity contribution in [3.8, 4) is 0 Å². The molecule has 4 aliphatic heterocycles. The molecule has 1 N–H and O–H groups in total. The van der Waals surface area contributed by atoms with E-state index < -0.39 is 48.2 Å². The Kier molecular flexibility index (Phi) is 9.53. The number of fused-ring (bicyclic) bond motifs is 2. The Morgan fingerprint density at radius 3 is 1.75 bits per heavy atom. The zero-order chi connectivity index (χ0) is 38.7. The number of carboxylic acids is 1. The minimum atomic E-state index is -2.34. The number of esters is 2. The minimum absolute atomic E-state index is 0.0220. The van der Waals surface area contributed by atoms with E-state index in [1.807, 2.05) is 32.1 Å². The molecule has 2 unspecified atom stereocenters. The quantitative estimate of drug-likeness (QED) is 0.126. The largest absolute Gasteiger partial charge is 0.519 e. The smallest absolute Gasteiger partial charge is 0.314 e. The summed E-state index contributed by atoms with van der Waals surface area (Å²) in [6.07, 6.45) is 10.9. The van der Waals surface area contributed by atoms with Gasteiger partial charge in [0.15, 0.2) is 11.2 Å². The van der Waals surface area contributed by atoms with Crippen molar-refractivity contribution in [3.05, 3.63) is 46.6 Å². The molecule has 2 spiro atoms. The number of ether oxygens (including phenoxy) is 2. The third-order valence-electron chi connectivity index (χ3n) is 14.9. The van der Waals surface area contributed by atoms with Crippen LogP contribution in [0.1, 0.15) is 94.9 Å². The fourth-order valence-electron chi connectivity index (χ4n) is 10.6. The van der Waals surface area contributed by atoms with Gasteiger partial charge in [0.05, 0.1) is 11.8 Å². The van der Waals surface area contributed by atoms with E-state index in [1.165, 1.54) is 0 Å². The number of carboxylic acid groups (broad SMARTS) is 1. The molecule has 8 nitrogen and oxygen atoms in total. The summed E-state index contributed by atoms with van der Waals surface area (Å²) in [7, 11) is -2.34. The first kappa shape index (κ1) is 40.0. The maximum absolute atomic E-state index is 13.9. The van der Waals surface area contributed by atoms with Gasteiger partial charge in [0, 0.05) is 26.2 Å². The summed E-state index contributed by atoms with van der Waals surface area (Å²) in [6.45, 7) is 32.9.